The zero-order chi connectivity index (χ0) is 13.3. The standard InChI is InChI=1S/C14H21N5/c1-14(4-8-18(2)9-5-14)11-16-13-12-3-6-17-19(12)10-7-15-13/h3,6-7,10H,4-5,8-9,11H2,1-2H3,(H,15,16). The van der Waals surface area contributed by atoms with E-state index in [-0.39, 0.29) is 0 Å². The van der Waals surface area contributed by atoms with Gasteiger partial charge in [0.1, 0.15) is 5.52 Å². The average Bonchev–Trinajstić information content (AvgIpc) is 2.89. The molecule has 19 heavy (non-hydrogen) atoms. The van der Waals surface area contributed by atoms with Gasteiger partial charge in [0.15, 0.2) is 5.82 Å². The molecule has 0 atom stereocenters. The largest absolute Gasteiger partial charge is 0.368 e. The Kier molecular flexibility index (Phi) is 3.14. The molecule has 2 aromatic heterocycles. The quantitative estimate of drug-likeness (QED) is 0.914. The van der Waals surface area contributed by atoms with Gasteiger partial charge in [0.2, 0.25) is 0 Å². The Morgan fingerprint density at radius 3 is 2.89 bits per heavy atom. The summed E-state index contributed by atoms with van der Waals surface area (Å²) in [6.07, 6.45) is 7.94. The molecule has 3 heterocycles. The van der Waals surface area contributed by atoms with Crippen LogP contribution in [0.2, 0.25) is 0 Å². The highest BCUT2D eigenvalue weighted by atomic mass is 15.2. The molecule has 0 aromatic carbocycles. The highest BCUT2D eigenvalue weighted by Crippen LogP contribution is 2.30. The molecule has 0 aliphatic carbocycles. The molecule has 0 spiro atoms. The van der Waals surface area contributed by atoms with E-state index in [2.05, 4.69) is 34.3 Å². The van der Waals surface area contributed by atoms with Gasteiger partial charge in [0, 0.05) is 18.9 Å². The van der Waals surface area contributed by atoms with Crippen LogP contribution in [0.3, 0.4) is 0 Å². The van der Waals surface area contributed by atoms with E-state index < -0.39 is 0 Å². The third-order valence-electron chi connectivity index (χ3n) is 4.20. The van der Waals surface area contributed by atoms with Crippen LogP contribution in [-0.4, -0.2) is 46.2 Å². The summed E-state index contributed by atoms with van der Waals surface area (Å²) in [6.45, 7) is 5.70. The van der Waals surface area contributed by atoms with Gasteiger partial charge in [-0.05, 0) is 44.5 Å². The summed E-state index contributed by atoms with van der Waals surface area (Å²) in [5, 5.41) is 7.74. The molecule has 0 bridgehead atoms. The first-order valence-electron chi connectivity index (χ1n) is 6.87. The number of hydrogen-bond donors (Lipinski definition) is 1. The average molecular weight is 259 g/mol. The molecule has 1 aliphatic rings. The molecule has 0 unspecified atom stereocenters. The lowest BCUT2D eigenvalue weighted by Crippen LogP contribution is -2.40. The van der Waals surface area contributed by atoms with E-state index in [0.29, 0.717) is 5.41 Å². The van der Waals surface area contributed by atoms with Crippen molar-refractivity contribution in [2.75, 3.05) is 32.0 Å². The fraction of sp³-hybridized carbons (Fsp3) is 0.571. The number of aromatic nitrogens is 3. The first-order valence-corrected chi connectivity index (χ1v) is 6.87. The monoisotopic (exact) mass is 259 g/mol. The van der Waals surface area contributed by atoms with E-state index in [1.54, 1.807) is 12.4 Å². The van der Waals surface area contributed by atoms with E-state index in [1.807, 2.05) is 16.8 Å². The third kappa shape index (κ3) is 2.56. The van der Waals surface area contributed by atoms with Gasteiger partial charge in [0.25, 0.3) is 0 Å². The predicted octanol–water partition coefficient (Wildman–Crippen LogP) is 1.87. The van der Waals surface area contributed by atoms with Crippen molar-refractivity contribution < 1.29 is 0 Å². The van der Waals surface area contributed by atoms with Gasteiger partial charge in [-0.15, -0.1) is 0 Å². The summed E-state index contributed by atoms with van der Waals surface area (Å²) in [5.41, 5.74) is 1.40. The minimum atomic E-state index is 0.362. The lowest BCUT2D eigenvalue weighted by Gasteiger charge is -2.38. The van der Waals surface area contributed by atoms with Crippen molar-refractivity contribution in [1.29, 1.82) is 0 Å². The third-order valence-corrected chi connectivity index (χ3v) is 4.20. The zero-order valence-electron chi connectivity index (χ0n) is 11.6. The fourth-order valence-corrected chi connectivity index (χ4v) is 2.63. The number of nitrogens with zero attached hydrogens (tertiary/aromatic N) is 4. The first-order chi connectivity index (χ1) is 9.16. The Labute approximate surface area is 113 Å². The Morgan fingerprint density at radius 2 is 2.11 bits per heavy atom. The van der Waals surface area contributed by atoms with Crippen LogP contribution in [-0.2, 0) is 0 Å². The molecule has 0 radical (unpaired) electrons. The molecule has 5 nitrogen and oxygen atoms in total. The number of anilines is 1. The van der Waals surface area contributed by atoms with Gasteiger partial charge in [-0.1, -0.05) is 6.92 Å². The molecular weight excluding hydrogens is 238 g/mol. The number of rotatable bonds is 3. The number of piperidine rings is 1. The van der Waals surface area contributed by atoms with E-state index >= 15 is 0 Å². The van der Waals surface area contributed by atoms with Gasteiger partial charge in [0.05, 0.1) is 6.20 Å². The van der Waals surface area contributed by atoms with Crippen molar-refractivity contribution in [1.82, 2.24) is 19.5 Å². The summed E-state index contributed by atoms with van der Waals surface area (Å²) in [4.78, 5) is 6.83. The van der Waals surface area contributed by atoms with Crippen LogP contribution < -0.4 is 5.32 Å². The maximum atomic E-state index is 4.43. The second kappa shape index (κ2) is 4.81. The van der Waals surface area contributed by atoms with Gasteiger partial charge in [-0.25, -0.2) is 9.50 Å². The lowest BCUT2D eigenvalue weighted by atomic mass is 9.80. The van der Waals surface area contributed by atoms with Crippen molar-refractivity contribution in [3.63, 3.8) is 0 Å². The van der Waals surface area contributed by atoms with Crippen molar-refractivity contribution in [2.24, 2.45) is 5.41 Å². The Morgan fingerprint density at radius 1 is 1.32 bits per heavy atom. The minimum Gasteiger partial charge on any atom is -0.368 e. The normalized spacial score (nSPS) is 19.7. The van der Waals surface area contributed by atoms with E-state index in [9.17, 15) is 0 Å². The summed E-state index contributed by atoms with van der Waals surface area (Å²) >= 11 is 0. The molecule has 0 amide bonds. The van der Waals surface area contributed by atoms with E-state index in [1.165, 1.54) is 25.9 Å². The molecule has 1 N–H and O–H groups in total. The van der Waals surface area contributed by atoms with E-state index in [0.717, 1.165) is 17.9 Å². The summed E-state index contributed by atoms with van der Waals surface area (Å²) in [7, 11) is 2.20. The second-order valence-corrected chi connectivity index (χ2v) is 5.90. The maximum absolute atomic E-state index is 4.43. The lowest BCUT2D eigenvalue weighted by molar-refractivity contribution is 0.150. The molecule has 2 aromatic rings. The number of hydrogen-bond acceptors (Lipinski definition) is 4. The summed E-state index contributed by atoms with van der Waals surface area (Å²) < 4.78 is 1.85. The molecular formula is C14H21N5. The van der Waals surface area contributed by atoms with Crippen molar-refractivity contribution >= 4 is 11.3 Å². The molecule has 5 heteroatoms. The van der Waals surface area contributed by atoms with Crippen LogP contribution in [0.15, 0.2) is 24.7 Å². The fourth-order valence-electron chi connectivity index (χ4n) is 2.63. The first kappa shape index (κ1) is 12.4. The SMILES string of the molecule is CN1CCC(C)(CNc2nccn3nccc23)CC1. The molecule has 3 rings (SSSR count). The Bertz CT molecular complexity index is 554. The van der Waals surface area contributed by atoms with Gasteiger partial charge in [-0.3, -0.25) is 0 Å². The Balaban J connectivity index is 1.70. The molecule has 1 fully saturated rings. The summed E-state index contributed by atoms with van der Waals surface area (Å²) in [6, 6.07) is 1.99. The second-order valence-electron chi connectivity index (χ2n) is 5.90. The zero-order valence-corrected chi connectivity index (χ0v) is 11.6. The van der Waals surface area contributed by atoms with Gasteiger partial charge >= 0.3 is 0 Å². The number of fused-ring (bicyclic) bond motifs is 1. The minimum absolute atomic E-state index is 0.362. The molecule has 0 saturated carbocycles. The van der Waals surface area contributed by atoms with E-state index in [4.69, 9.17) is 0 Å². The topological polar surface area (TPSA) is 45.5 Å². The Hall–Kier alpha value is -1.62. The van der Waals surface area contributed by atoms with Gasteiger partial charge in [-0.2, -0.15) is 5.10 Å². The molecule has 1 aliphatic heterocycles. The van der Waals surface area contributed by atoms with Crippen LogP contribution in [0, 0.1) is 5.41 Å². The van der Waals surface area contributed by atoms with Crippen LogP contribution >= 0.6 is 0 Å². The van der Waals surface area contributed by atoms with Crippen LogP contribution in [0.4, 0.5) is 5.82 Å². The van der Waals surface area contributed by atoms with Crippen LogP contribution in [0.5, 0.6) is 0 Å². The van der Waals surface area contributed by atoms with Crippen molar-refractivity contribution in [2.45, 2.75) is 19.8 Å². The summed E-state index contributed by atoms with van der Waals surface area (Å²) in [5.74, 6) is 0.931. The van der Waals surface area contributed by atoms with Crippen LogP contribution in [0.25, 0.3) is 5.52 Å². The maximum Gasteiger partial charge on any atom is 0.152 e. The molecule has 1 saturated heterocycles. The number of nitrogens with one attached hydrogen (secondary N) is 1. The van der Waals surface area contributed by atoms with Crippen LogP contribution in [0.1, 0.15) is 19.8 Å². The molecule has 102 valence electrons. The highest BCUT2D eigenvalue weighted by molar-refractivity contribution is 5.66. The van der Waals surface area contributed by atoms with Crippen molar-refractivity contribution in [3.05, 3.63) is 24.7 Å². The van der Waals surface area contributed by atoms with Crippen molar-refractivity contribution in [3.8, 4) is 0 Å². The highest BCUT2D eigenvalue weighted by Gasteiger charge is 2.28. The smallest absolute Gasteiger partial charge is 0.152 e. The number of likely N-dealkylation sites (tertiary alicyclic amines) is 1. The predicted molar refractivity (Wildman–Crippen MR) is 76.3 cm³/mol. The van der Waals surface area contributed by atoms with Gasteiger partial charge < -0.3 is 10.2 Å².